The van der Waals surface area contributed by atoms with Crippen LogP contribution in [-0.4, -0.2) is 23.8 Å². The van der Waals surface area contributed by atoms with Crippen molar-refractivity contribution >= 4 is 0 Å². The van der Waals surface area contributed by atoms with Gasteiger partial charge in [-0.3, -0.25) is 0 Å². The summed E-state index contributed by atoms with van der Waals surface area (Å²) in [6.45, 7) is 2.62. The van der Waals surface area contributed by atoms with Crippen molar-refractivity contribution in [2.75, 3.05) is 6.54 Å². The third-order valence-corrected chi connectivity index (χ3v) is 3.68. The van der Waals surface area contributed by atoms with Gasteiger partial charge in [0.05, 0.1) is 6.10 Å². The number of nitrogens with one attached hydrogen (secondary N) is 1. The van der Waals surface area contributed by atoms with Gasteiger partial charge in [0.2, 0.25) is 0 Å². The Morgan fingerprint density at radius 1 is 1.50 bits per heavy atom. The summed E-state index contributed by atoms with van der Waals surface area (Å²) in [7, 11) is 0. The minimum atomic E-state index is -0.192. The Morgan fingerprint density at radius 3 is 2.58 bits per heavy atom. The van der Waals surface area contributed by atoms with Crippen LogP contribution in [0.25, 0.3) is 0 Å². The molecule has 2 aliphatic carbocycles. The summed E-state index contributed by atoms with van der Waals surface area (Å²) in [5, 5.41) is 12.6. The zero-order valence-electron chi connectivity index (χ0n) is 7.84. The Balaban J connectivity index is 1.74. The van der Waals surface area contributed by atoms with Gasteiger partial charge in [0, 0.05) is 12.6 Å². The number of hydrogen-bond acceptors (Lipinski definition) is 2. The Hall–Kier alpha value is -0.0800. The molecule has 2 nitrogen and oxygen atoms in total. The van der Waals surface area contributed by atoms with Gasteiger partial charge in [0.25, 0.3) is 0 Å². The van der Waals surface area contributed by atoms with Gasteiger partial charge in [0.15, 0.2) is 0 Å². The Morgan fingerprint density at radius 2 is 2.25 bits per heavy atom. The van der Waals surface area contributed by atoms with Gasteiger partial charge in [0.1, 0.15) is 0 Å². The fourth-order valence-corrected chi connectivity index (χ4v) is 2.56. The van der Waals surface area contributed by atoms with E-state index in [1.807, 2.05) is 6.92 Å². The maximum Gasteiger partial charge on any atom is 0.0636 e. The van der Waals surface area contributed by atoms with Crippen molar-refractivity contribution in [2.45, 2.75) is 51.2 Å². The summed E-state index contributed by atoms with van der Waals surface area (Å²) < 4.78 is 0. The monoisotopic (exact) mass is 169 g/mol. The van der Waals surface area contributed by atoms with Crippen LogP contribution in [0.3, 0.4) is 0 Å². The lowest BCUT2D eigenvalue weighted by molar-refractivity contribution is -0.0214. The zero-order valence-corrected chi connectivity index (χ0v) is 7.84. The average molecular weight is 169 g/mol. The molecule has 2 heteroatoms. The standard InChI is InChI=1S/C10H19NO/c1-8(12)7-11-9-3-6-10(9)4-2-5-10/h8-9,11-12H,2-7H2,1H3/t8-,9?/m1/s1. The minimum absolute atomic E-state index is 0.192. The molecule has 2 atom stereocenters. The SMILES string of the molecule is C[C@@H](O)CNC1CCC12CCC2. The van der Waals surface area contributed by atoms with Crippen molar-refractivity contribution in [2.24, 2.45) is 5.41 Å². The molecule has 70 valence electrons. The predicted molar refractivity (Wildman–Crippen MR) is 49.0 cm³/mol. The summed E-state index contributed by atoms with van der Waals surface area (Å²) in [5.41, 5.74) is 0.675. The molecule has 0 amide bonds. The van der Waals surface area contributed by atoms with E-state index in [0.29, 0.717) is 5.41 Å². The second-order valence-corrected chi connectivity index (χ2v) is 4.56. The van der Waals surface area contributed by atoms with Gasteiger partial charge < -0.3 is 10.4 Å². The maximum atomic E-state index is 9.12. The molecule has 0 aromatic heterocycles. The van der Waals surface area contributed by atoms with Crippen molar-refractivity contribution < 1.29 is 5.11 Å². The van der Waals surface area contributed by atoms with E-state index < -0.39 is 0 Å². The number of aliphatic hydroxyl groups excluding tert-OH is 1. The van der Waals surface area contributed by atoms with Crippen LogP contribution in [0.1, 0.15) is 39.0 Å². The van der Waals surface area contributed by atoms with Gasteiger partial charge in [-0.1, -0.05) is 6.42 Å². The molecule has 1 spiro atoms. The molecule has 1 unspecified atom stereocenters. The molecule has 2 rings (SSSR count). The second kappa shape index (κ2) is 3.00. The van der Waals surface area contributed by atoms with Gasteiger partial charge in [-0.2, -0.15) is 0 Å². The second-order valence-electron chi connectivity index (χ2n) is 4.56. The van der Waals surface area contributed by atoms with Gasteiger partial charge in [-0.05, 0) is 38.0 Å². The topological polar surface area (TPSA) is 32.3 Å². The van der Waals surface area contributed by atoms with E-state index in [1.165, 1.54) is 32.1 Å². The van der Waals surface area contributed by atoms with Crippen LogP contribution < -0.4 is 5.32 Å². The van der Waals surface area contributed by atoms with E-state index in [2.05, 4.69) is 5.32 Å². The van der Waals surface area contributed by atoms with Crippen LogP contribution in [0.15, 0.2) is 0 Å². The van der Waals surface area contributed by atoms with E-state index in [-0.39, 0.29) is 6.10 Å². The highest BCUT2D eigenvalue weighted by molar-refractivity contribution is 5.05. The van der Waals surface area contributed by atoms with E-state index in [4.69, 9.17) is 5.11 Å². The lowest BCUT2D eigenvalue weighted by Gasteiger charge is -2.56. The average Bonchev–Trinajstić information content (AvgIpc) is 1.80. The maximum absolute atomic E-state index is 9.12. The largest absolute Gasteiger partial charge is 0.392 e. The summed E-state index contributed by atoms with van der Waals surface area (Å²) in [6.07, 6.45) is 6.82. The van der Waals surface area contributed by atoms with Crippen LogP contribution in [0.5, 0.6) is 0 Å². The number of aliphatic hydroxyl groups is 1. The molecule has 2 aliphatic rings. The molecule has 0 aromatic carbocycles. The van der Waals surface area contributed by atoms with Crippen molar-refractivity contribution in [3.63, 3.8) is 0 Å². The Labute approximate surface area is 74.4 Å². The van der Waals surface area contributed by atoms with Crippen molar-refractivity contribution in [3.8, 4) is 0 Å². The molecule has 0 heterocycles. The molecule has 2 fully saturated rings. The van der Waals surface area contributed by atoms with E-state index >= 15 is 0 Å². The van der Waals surface area contributed by atoms with Crippen molar-refractivity contribution in [1.29, 1.82) is 0 Å². The van der Waals surface area contributed by atoms with Gasteiger partial charge in [-0.15, -0.1) is 0 Å². The number of rotatable bonds is 3. The highest BCUT2D eigenvalue weighted by Gasteiger charge is 2.50. The minimum Gasteiger partial charge on any atom is -0.392 e. The molecule has 0 bridgehead atoms. The quantitative estimate of drug-likeness (QED) is 0.667. The van der Waals surface area contributed by atoms with E-state index in [0.717, 1.165) is 12.6 Å². The van der Waals surface area contributed by atoms with Crippen LogP contribution >= 0.6 is 0 Å². The zero-order chi connectivity index (χ0) is 8.60. The molecule has 0 saturated heterocycles. The summed E-state index contributed by atoms with van der Waals surface area (Å²) in [4.78, 5) is 0. The molecule has 0 aromatic rings. The molecular weight excluding hydrogens is 150 g/mol. The van der Waals surface area contributed by atoms with Crippen LogP contribution in [0, 0.1) is 5.41 Å². The first-order valence-corrected chi connectivity index (χ1v) is 5.14. The van der Waals surface area contributed by atoms with Crippen LogP contribution in [0.2, 0.25) is 0 Å². The summed E-state index contributed by atoms with van der Waals surface area (Å²) >= 11 is 0. The van der Waals surface area contributed by atoms with Crippen molar-refractivity contribution in [3.05, 3.63) is 0 Å². The van der Waals surface area contributed by atoms with E-state index in [1.54, 1.807) is 0 Å². The van der Waals surface area contributed by atoms with E-state index in [9.17, 15) is 0 Å². The smallest absolute Gasteiger partial charge is 0.0636 e. The third kappa shape index (κ3) is 1.27. The lowest BCUT2D eigenvalue weighted by atomic mass is 9.53. The first-order chi connectivity index (χ1) is 5.73. The van der Waals surface area contributed by atoms with Gasteiger partial charge >= 0.3 is 0 Å². The molecule has 0 radical (unpaired) electrons. The predicted octanol–water partition coefficient (Wildman–Crippen LogP) is 1.29. The summed E-state index contributed by atoms with van der Waals surface area (Å²) in [5.74, 6) is 0. The highest BCUT2D eigenvalue weighted by atomic mass is 16.3. The molecular formula is C10H19NO. The fraction of sp³-hybridized carbons (Fsp3) is 1.00. The molecule has 2 saturated carbocycles. The Bertz CT molecular complexity index is 158. The molecule has 12 heavy (non-hydrogen) atoms. The first kappa shape index (κ1) is 8.52. The summed E-state index contributed by atoms with van der Waals surface area (Å²) in [6, 6.07) is 0.723. The Kier molecular flexibility index (Phi) is 2.13. The van der Waals surface area contributed by atoms with Crippen LogP contribution in [0.4, 0.5) is 0 Å². The number of hydrogen-bond donors (Lipinski definition) is 2. The van der Waals surface area contributed by atoms with Crippen LogP contribution in [-0.2, 0) is 0 Å². The first-order valence-electron chi connectivity index (χ1n) is 5.14. The normalized spacial score (nSPS) is 34.0. The molecule has 0 aliphatic heterocycles. The third-order valence-electron chi connectivity index (χ3n) is 3.68. The van der Waals surface area contributed by atoms with Crippen molar-refractivity contribution in [1.82, 2.24) is 5.32 Å². The highest BCUT2D eigenvalue weighted by Crippen LogP contribution is 2.55. The fourth-order valence-electron chi connectivity index (χ4n) is 2.56. The molecule has 2 N–H and O–H groups in total. The van der Waals surface area contributed by atoms with Gasteiger partial charge in [-0.25, -0.2) is 0 Å². The lowest BCUT2D eigenvalue weighted by Crippen LogP contribution is -2.57.